The van der Waals surface area contributed by atoms with Gasteiger partial charge in [-0.05, 0) is 36.8 Å². The third-order valence-electron chi connectivity index (χ3n) is 7.28. The fourth-order valence-corrected chi connectivity index (χ4v) is 6.13. The lowest BCUT2D eigenvalue weighted by atomic mass is 9.63. The Morgan fingerprint density at radius 1 is 0.889 bits per heavy atom. The van der Waals surface area contributed by atoms with Crippen LogP contribution in [0, 0.1) is 17.8 Å². The summed E-state index contributed by atoms with van der Waals surface area (Å²) in [6.07, 6.45) is 4.01. The van der Waals surface area contributed by atoms with Crippen molar-refractivity contribution in [2.45, 2.75) is 31.7 Å². The molecule has 2 nitrogen and oxygen atoms in total. The summed E-state index contributed by atoms with van der Waals surface area (Å²) in [7, 11) is 2.32. The van der Waals surface area contributed by atoms with Crippen LogP contribution in [0.4, 0.5) is 0 Å². The van der Waals surface area contributed by atoms with E-state index in [0.717, 1.165) is 24.3 Å². The van der Waals surface area contributed by atoms with Crippen molar-refractivity contribution in [2.24, 2.45) is 17.8 Å². The lowest BCUT2D eigenvalue weighted by Crippen LogP contribution is -2.45. The largest absolute Gasteiger partial charge is 0.306 e. The van der Waals surface area contributed by atoms with E-state index in [1.165, 1.54) is 44.5 Å². The normalized spacial score (nSPS) is 30.9. The minimum Gasteiger partial charge on any atom is -0.306 e. The first kappa shape index (κ1) is 17.2. The fraction of sp³-hybridized carbons (Fsp3) is 0.480. The number of hydrogen-bond donors (Lipinski definition) is 0. The highest BCUT2D eigenvalue weighted by molar-refractivity contribution is 5.85. The van der Waals surface area contributed by atoms with Gasteiger partial charge in [-0.1, -0.05) is 60.7 Å². The van der Waals surface area contributed by atoms with Crippen LogP contribution >= 0.6 is 0 Å². The first-order valence-corrected chi connectivity index (χ1v) is 10.7. The molecule has 1 saturated heterocycles. The minimum absolute atomic E-state index is 0.684. The molecular weight excluding hydrogens is 328 g/mol. The standard InChI is InChI=1S/C25H31N2/c1-26-17-23-21-13-8-14-27(16-19-9-4-2-5-10-19)25(21)15-22(24(23)18-26)20-11-6-3-7-12-20/h2-7,9-12,21-24H,8,13-18H2,1H3/q+1. The first-order chi connectivity index (χ1) is 13.3. The fourth-order valence-electron chi connectivity index (χ4n) is 6.13. The smallest absolute Gasteiger partial charge is 0.168 e. The van der Waals surface area contributed by atoms with Gasteiger partial charge < -0.3 is 4.90 Å². The zero-order chi connectivity index (χ0) is 18.2. The molecule has 2 aromatic rings. The van der Waals surface area contributed by atoms with E-state index in [4.69, 9.17) is 0 Å². The average molecular weight is 360 g/mol. The molecule has 2 aromatic carbocycles. The van der Waals surface area contributed by atoms with Gasteiger partial charge in [-0.15, -0.1) is 0 Å². The minimum atomic E-state index is 0.684. The second-order valence-corrected chi connectivity index (χ2v) is 8.92. The van der Waals surface area contributed by atoms with Crippen molar-refractivity contribution >= 4 is 5.71 Å². The van der Waals surface area contributed by atoms with Crippen molar-refractivity contribution in [2.75, 3.05) is 26.7 Å². The summed E-state index contributed by atoms with van der Waals surface area (Å²) < 4.78 is 2.74. The Labute approximate surface area is 163 Å². The molecule has 2 heteroatoms. The van der Waals surface area contributed by atoms with Crippen molar-refractivity contribution in [1.29, 1.82) is 0 Å². The van der Waals surface area contributed by atoms with E-state index in [1.54, 1.807) is 11.3 Å². The van der Waals surface area contributed by atoms with Crippen LogP contribution < -0.4 is 0 Å². The van der Waals surface area contributed by atoms with Crippen LogP contribution in [0.15, 0.2) is 60.7 Å². The second-order valence-electron chi connectivity index (χ2n) is 8.92. The summed E-state index contributed by atoms with van der Waals surface area (Å²) in [6.45, 7) is 4.87. The highest BCUT2D eigenvalue weighted by Gasteiger charge is 2.50. The van der Waals surface area contributed by atoms with Crippen LogP contribution in [-0.2, 0) is 6.54 Å². The molecule has 4 unspecified atom stereocenters. The molecule has 5 rings (SSSR count). The Kier molecular flexibility index (Phi) is 4.61. The molecule has 0 aromatic heterocycles. The predicted molar refractivity (Wildman–Crippen MR) is 111 cm³/mol. The quantitative estimate of drug-likeness (QED) is 0.736. The lowest BCUT2D eigenvalue weighted by Gasteiger charge is -2.40. The van der Waals surface area contributed by atoms with Crippen molar-refractivity contribution < 1.29 is 4.58 Å². The van der Waals surface area contributed by atoms with E-state index < -0.39 is 0 Å². The van der Waals surface area contributed by atoms with E-state index in [1.807, 2.05) is 0 Å². The van der Waals surface area contributed by atoms with E-state index in [9.17, 15) is 0 Å². The van der Waals surface area contributed by atoms with Crippen molar-refractivity contribution in [3.8, 4) is 0 Å². The highest BCUT2D eigenvalue weighted by Crippen LogP contribution is 2.48. The third-order valence-corrected chi connectivity index (χ3v) is 7.28. The molecule has 4 atom stereocenters. The van der Waals surface area contributed by atoms with Gasteiger partial charge in [0.05, 0.1) is 0 Å². The molecule has 0 N–H and O–H groups in total. The number of benzene rings is 2. The summed E-state index contributed by atoms with van der Waals surface area (Å²) in [5.74, 6) is 3.14. The van der Waals surface area contributed by atoms with Gasteiger partial charge in [0.1, 0.15) is 6.54 Å². The average Bonchev–Trinajstić information content (AvgIpc) is 3.11. The van der Waals surface area contributed by atoms with Gasteiger partial charge in [0.25, 0.3) is 0 Å². The number of rotatable bonds is 3. The molecule has 2 heterocycles. The summed E-state index contributed by atoms with van der Waals surface area (Å²) in [5, 5.41) is 0. The van der Waals surface area contributed by atoms with E-state index in [2.05, 4.69) is 77.2 Å². The number of hydrogen-bond acceptors (Lipinski definition) is 1. The number of likely N-dealkylation sites (tertiary alicyclic amines) is 1. The van der Waals surface area contributed by atoms with Crippen LogP contribution in [-0.4, -0.2) is 41.9 Å². The van der Waals surface area contributed by atoms with Crippen molar-refractivity contribution in [3.05, 3.63) is 71.8 Å². The molecule has 140 valence electrons. The van der Waals surface area contributed by atoms with E-state index >= 15 is 0 Å². The first-order valence-electron chi connectivity index (χ1n) is 10.7. The number of nitrogens with zero attached hydrogens (tertiary/aromatic N) is 2. The topological polar surface area (TPSA) is 6.25 Å². The van der Waals surface area contributed by atoms with Gasteiger partial charge >= 0.3 is 0 Å². The monoisotopic (exact) mass is 359 g/mol. The molecule has 2 fully saturated rings. The third kappa shape index (κ3) is 3.25. The van der Waals surface area contributed by atoms with Crippen LogP contribution in [0.1, 0.15) is 36.3 Å². The molecule has 1 aliphatic carbocycles. The zero-order valence-electron chi connectivity index (χ0n) is 16.4. The number of fused-ring (bicyclic) bond motifs is 3. The Balaban J connectivity index is 1.53. The zero-order valence-corrected chi connectivity index (χ0v) is 16.4. The maximum atomic E-state index is 2.74. The molecule has 0 spiro atoms. The Bertz CT molecular complexity index is 811. The van der Waals surface area contributed by atoms with Gasteiger partial charge in [-0.2, -0.15) is 0 Å². The molecule has 27 heavy (non-hydrogen) atoms. The van der Waals surface area contributed by atoms with E-state index in [0.29, 0.717) is 5.92 Å². The SMILES string of the molecule is CN1CC2C3CCC[N+](Cc4ccccc4)=C3CC(c3ccccc3)C2C1. The van der Waals surface area contributed by atoms with Gasteiger partial charge in [-0.3, -0.25) is 0 Å². The maximum Gasteiger partial charge on any atom is 0.168 e. The van der Waals surface area contributed by atoms with Gasteiger partial charge in [0, 0.05) is 37.4 Å². The summed E-state index contributed by atoms with van der Waals surface area (Å²) in [6, 6.07) is 22.4. The predicted octanol–water partition coefficient (Wildman–Crippen LogP) is 4.42. The molecule has 1 saturated carbocycles. The highest BCUT2D eigenvalue weighted by atomic mass is 15.1. The van der Waals surface area contributed by atoms with Crippen LogP contribution in [0.25, 0.3) is 0 Å². The molecule has 0 bridgehead atoms. The summed E-state index contributed by atoms with van der Waals surface area (Å²) in [5.41, 5.74) is 4.77. The molecular formula is C25H31N2+. The van der Waals surface area contributed by atoms with Crippen LogP contribution in [0.5, 0.6) is 0 Å². The van der Waals surface area contributed by atoms with E-state index in [-0.39, 0.29) is 0 Å². The van der Waals surface area contributed by atoms with Crippen molar-refractivity contribution in [1.82, 2.24) is 4.90 Å². The van der Waals surface area contributed by atoms with Gasteiger partial charge in [0.2, 0.25) is 0 Å². The molecule has 0 radical (unpaired) electrons. The Morgan fingerprint density at radius 2 is 1.56 bits per heavy atom. The summed E-state index contributed by atoms with van der Waals surface area (Å²) >= 11 is 0. The van der Waals surface area contributed by atoms with Crippen LogP contribution in [0.3, 0.4) is 0 Å². The van der Waals surface area contributed by atoms with Crippen molar-refractivity contribution in [3.63, 3.8) is 0 Å². The Morgan fingerprint density at radius 3 is 2.30 bits per heavy atom. The second kappa shape index (κ2) is 7.24. The van der Waals surface area contributed by atoms with Gasteiger partial charge in [0.15, 0.2) is 12.3 Å². The maximum absolute atomic E-state index is 2.74. The molecule has 2 aliphatic heterocycles. The van der Waals surface area contributed by atoms with Crippen LogP contribution in [0.2, 0.25) is 0 Å². The summed E-state index contributed by atoms with van der Waals surface area (Å²) in [4.78, 5) is 2.59. The molecule has 0 amide bonds. The van der Waals surface area contributed by atoms with Gasteiger partial charge in [-0.25, -0.2) is 4.58 Å². The lowest BCUT2D eigenvalue weighted by molar-refractivity contribution is -0.553. The Hall–Kier alpha value is -1.93. The molecule has 3 aliphatic rings.